The molecule has 4 N–H and O–H groups in total. The molecule has 1 aliphatic rings. The Morgan fingerprint density at radius 3 is 2.82 bits per heavy atom. The number of aromatic nitrogens is 4. The highest BCUT2D eigenvalue weighted by Crippen LogP contribution is 2.40. The van der Waals surface area contributed by atoms with Crippen LogP contribution in [0.25, 0.3) is 10.9 Å². The van der Waals surface area contributed by atoms with Crippen molar-refractivity contribution in [3.63, 3.8) is 0 Å². The summed E-state index contributed by atoms with van der Waals surface area (Å²) in [7, 11) is 0. The SMILES string of the molecule is OCC(Nc1nc(Nc2cc(C3CC3)[nH]n2)c2cscc2n1)c1ccccc1. The highest BCUT2D eigenvalue weighted by atomic mass is 32.1. The van der Waals surface area contributed by atoms with Crippen molar-refractivity contribution in [3.8, 4) is 0 Å². The smallest absolute Gasteiger partial charge is 0.225 e. The van der Waals surface area contributed by atoms with E-state index in [2.05, 4.69) is 30.8 Å². The molecule has 1 fully saturated rings. The van der Waals surface area contributed by atoms with Crippen LogP contribution in [0.4, 0.5) is 17.6 Å². The molecule has 7 nitrogen and oxygen atoms in total. The molecule has 1 atom stereocenters. The van der Waals surface area contributed by atoms with Gasteiger partial charge in [-0.15, -0.1) is 11.3 Å². The van der Waals surface area contributed by atoms with Crippen molar-refractivity contribution >= 4 is 39.8 Å². The first kappa shape index (κ1) is 17.2. The van der Waals surface area contributed by atoms with E-state index in [0.717, 1.165) is 22.3 Å². The van der Waals surface area contributed by atoms with E-state index < -0.39 is 0 Å². The third-order valence-corrected chi connectivity index (χ3v) is 5.62. The molecule has 1 aliphatic carbocycles. The molecule has 1 aromatic carbocycles. The van der Waals surface area contributed by atoms with Crippen LogP contribution in [0, 0.1) is 0 Å². The first-order valence-electron chi connectivity index (χ1n) is 9.29. The quantitative estimate of drug-likeness (QED) is 0.377. The molecular weight excluding hydrogens is 372 g/mol. The molecule has 0 radical (unpaired) electrons. The number of benzene rings is 1. The first-order valence-corrected chi connectivity index (χ1v) is 10.2. The highest BCUT2D eigenvalue weighted by molar-refractivity contribution is 7.09. The summed E-state index contributed by atoms with van der Waals surface area (Å²) in [5.74, 6) is 2.53. The Labute approximate surface area is 165 Å². The average Bonchev–Trinajstić information content (AvgIpc) is 3.28. The van der Waals surface area contributed by atoms with Crippen LogP contribution in [0.15, 0.2) is 47.2 Å². The van der Waals surface area contributed by atoms with Gasteiger partial charge in [-0.25, -0.2) is 4.98 Å². The average molecular weight is 392 g/mol. The third-order valence-electron chi connectivity index (χ3n) is 4.89. The predicted octanol–water partition coefficient (Wildman–Crippen LogP) is 4.18. The number of aliphatic hydroxyl groups is 1. The normalized spacial score (nSPS) is 14.9. The van der Waals surface area contributed by atoms with Crippen LogP contribution in [-0.4, -0.2) is 31.9 Å². The number of fused-ring (bicyclic) bond motifs is 1. The maximum atomic E-state index is 9.83. The fraction of sp³-hybridized carbons (Fsp3) is 0.250. The summed E-state index contributed by atoms with van der Waals surface area (Å²) in [6.07, 6.45) is 2.44. The Morgan fingerprint density at radius 1 is 1.18 bits per heavy atom. The van der Waals surface area contributed by atoms with Crippen molar-refractivity contribution in [1.82, 2.24) is 20.2 Å². The van der Waals surface area contributed by atoms with Crippen LogP contribution in [-0.2, 0) is 0 Å². The van der Waals surface area contributed by atoms with Crippen molar-refractivity contribution in [2.75, 3.05) is 17.2 Å². The number of thiophene rings is 1. The van der Waals surface area contributed by atoms with Gasteiger partial charge in [0.2, 0.25) is 5.95 Å². The zero-order valence-electron chi connectivity index (χ0n) is 15.1. The number of hydrogen-bond acceptors (Lipinski definition) is 7. The van der Waals surface area contributed by atoms with Crippen molar-refractivity contribution in [2.45, 2.75) is 24.8 Å². The number of nitrogens with one attached hydrogen (secondary N) is 3. The standard InChI is InChI=1S/C20H20N6OS/c27-9-16(12-4-2-1-3-5-12)21-20-22-17-11-28-10-14(17)19(24-20)23-18-8-15(25-26-18)13-6-7-13/h1-5,8,10-11,13,16,27H,6-7,9H2,(H3,21,22,23,24,25,26). The van der Waals surface area contributed by atoms with Gasteiger partial charge in [0.05, 0.1) is 23.6 Å². The number of rotatable bonds is 7. The van der Waals surface area contributed by atoms with E-state index >= 15 is 0 Å². The molecule has 142 valence electrons. The summed E-state index contributed by atoms with van der Waals surface area (Å²) >= 11 is 1.58. The zero-order chi connectivity index (χ0) is 18.9. The number of anilines is 3. The summed E-state index contributed by atoms with van der Waals surface area (Å²) in [5.41, 5.74) is 3.00. The Bertz CT molecular complexity index is 1090. The summed E-state index contributed by atoms with van der Waals surface area (Å²) in [4.78, 5) is 9.26. The molecule has 1 unspecified atom stereocenters. The van der Waals surface area contributed by atoms with E-state index in [1.54, 1.807) is 11.3 Å². The Kier molecular flexibility index (Phi) is 4.42. The second kappa shape index (κ2) is 7.21. The minimum Gasteiger partial charge on any atom is -0.394 e. The number of nitrogens with zero attached hydrogens (tertiary/aromatic N) is 3. The monoisotopic (exact) mass is 392 g/mol. The fourth-order valence-corrected chi connectivity index (χ4v) is 3.97. The topological polar surface area (TPSA) is 98.8 Å². The van der Waals surface area contributed by atoms with E-state index in [9.17, 15) is 5.11 Å². The fourth-order valence-electron chi connectivity index (χ4n) is 3.22. The number of aliphatic hydroxyl groups excluding tert-OH is 1. The van der Waals surface area contributed by atoms with Gasteiger partial charge in [-0.05, 0) is 18.4 Å². The summed E-state index contributed by atoms with van der Waals surface area (Å²) in [6.45, 7) is -0.0536. The van der Waals surface area contributed by atoms with Gasteiger partial charge in [0, 0.05) is 28.4 Å². The molecule has 0 bridgehead atoms. The molecule has 8 heteroatoms. The van der Waals surface area contributed by atoms with Gasteiger partial charge in [-0.3, -0.25) is 5.10 Å². The molecule has 0 amide bonds. The Hall–Kier alpha value is -2.97. The zero-order valence-corrected chi connectivity index (χ0v) is 15.9. The van der Waals surface area contributed by atoms with Gasteiger partial charge < -0.3 is 15.7 Å². The van der Waals surface area contributed by atoms with E-state index in [0.29, 0.717) is 17.7 Å². The molecule has 1 saturated carbocycles. The largest absolute Gasteiger partial charge is 0.394 e. The lowest BCUT2D eigenvalue weighted by molar-refractivity contribution is 0.276. The Balaban J connectivity index is 1.44. The van der Waals surface area contributed by atoms with Crippen molar-refractivity contribution in [2.24, 2.45) is 0 Å². The molecule has 3 aromatic heterocycles. The number of hydrogen-bond donors (Lipinski definition) is 4. The van der Waals surface area contributed by atoms with E-state index in [4.69, 9.17) is 0 Å². The lowest BCUT2D eigenvalue weighted by Gasteiger charge is -2.17. The van der Waals surface area contributed by atoms with Gasteiger partial charge in [0.1, 0.15) is 5.82 Å². The van der Waals surface area contributed by atoms with Gasteiger partial charge in [-0.1, -0.05) is 30.3 Å². The van der Waals surface area contributed by atoms with Crippen LogP contribution < -0.4 is 10.6 Å². The first-order chi connectivity index (χ1) is 13.8. The van der Waals surface area contributed by atoms with Gasteiger partial charge in [0.15, 0.2) is 5.82 Å². The lowest BCUT2D eigenvalue weighted by Crippen LogP contribution is -2.17. The minimum absolute atomic E-state index is 0.0536. The van der Waals surface area contributed by atoms with Crippen molar-refractivity contribution < 1.29 is 5.11 Å². The van der Waals surface area contributed by atoms with Crippen LogP contribution in [0.1, 0.15) is 36.1 Å². The molecule has 3 heterocycles. The second-order valence-corrected chi connectivity index (χ2v) is 7.71. The Morgan fingerprint density at radius 2 is 2.04 bits per heavy atom. The van der Waals surface area contributed by atoms with E-state index in [-0.39, 0.29) is 12.6 Å². The maximum Gasteiger partial charge on any atom is 0.225 e. The van der Waals surface area contributed by atoms with Gasteiger partial charge in [-0.2, -0.15) is 10.1 Å². The van der Waals surface area contributed by atoms with Gasteiger partial charge in [0.25, 0.3) is 0 Å². The molecule has 0 aliphatic heterocycles. The van der Waals surface area contributed by atoms with Crippen LogP contribution in [0.5, 0.6) is 0 Å². The maximum absolute atomic E-state index is 9.83. The minimum atomic E-state index is -0.281. The molecule has 4 aromatic rings. The summed E-state index contributed by atoms with van der Waals surface area (Å²) in [6, 6.07) is 11.6. The molecule has 0 spiro atoms. The van der Waals surface area contributed by atoms with Crippen LogP contribution in [0.2, 0.25) is 0 Å². The molecule has 28 heavy (non-hydrogen) atoms. The van der Waals surface area contributed by atoms with E-state index in [1.165, 1.54) is 18.5 Å². The summed E-state index contributed by atoms with van der Waals surface area (Å²) < 4.78 is 0. The predicted molar refractivity (Wildman–Crippen MR) is 111 cm³/mol. The van der Waals surface area contributed by atoms with Gasteiger partial charge >= 0.3 is 0 Å². The number of H-pyrrole nitrogens is 1. The lowest BCUT2D eigenvalue weighted by atomic mass is 10.1. The highest BCUT2D eigenvalue weighted by Gasteiger charge is 2.25. The molecule has 0 saturated heterocycles. The van der Waals surface area contributed by atoms with Crippen LogP contribution >= 0.6 is 11.3 Å². The van der Waals surface area contributed by atoms with Crippen LogP contribution in [0.3, 0.4) is 0 Å². The van der Waals surface area contributed by atoms with Crippen molar-refractivity contribution in [3.05, 3.63) is 58.4 Å². The second-order valence-electron chi connectivity index (χ2n) is 6.96. The van der Waals surface area contributed by atoms with E-state index in [1.807, 2.05) is 47.2 Å². The number of aromatic amines is 1. The summed E-state index contributed by atoms with van der Waals surface area (Å²) in [5, 5.41) is 28.8. The molecule has 5 rings (SSSR count). The molecular formula is C20H20N6OS. The third kappa shape index (κ3) is 3.44. The van der Waals surface area contributed by atoms with Crippen molar-refractivity contribution in [1.29, 1.82) is 0 Å².